The standard InChI is InChI=1S/C5H4F4O2/c6-4(7)5(8,9)3(11)1-2-10/h2,4H,1H2. The molecule has 0 atom stereocenters. The van der Waals surface area contributed by atoms with Crippen molar-refractivity contribution in [1.82, 2.24) is 0 Å². The molecular formula is C5H4F4O2. The summed E-state index contributed by atoms with van der Waals surface area (Å²) in [5, 5.41) is 0. The minimum Gasteiger partial charge on any atom is -0.303 e. The minimum atomic E-state index is -4.69. The zero-order valence-electron chi connectivity index (χ0n) is 5.19. The first-order valence-corrected chi connectivity index (χ1v) is 2.55. The van der Waals surface area contributed by atoms with Crippen molar-refractivity contribution >= 4 is 12.1 Å². The number of hydrogen-bond acceptors (Lipinski definition) is 2. The molecule has 0 fully saturated rings. The molecule has 0 heterocycles. The Bertz CT molecular complexity index is 166. The number of carbonyl (C=O) groups excluding carboxylic acids is 2. The fourth-order valence-corrected chi connectivity index (χ4v) is 0.333. The number of ketones is 1. The summed E-state index contributed by atoms with van der Waals surface area (Å²) in [6.07, 6.45) is -5.37. The third-order valence-electron chi connectivity index (χ3n) is 0.915. The van der Waals surface area contributed by atoms with Crippen molar-refractivity contribution in [2.75, 3.05) is 0 Å². The van der Waals surface area contributed by atoms with Gasteiger partial charge in [0.15, 0.2) is 0 Å². The fraction of sp³-hybridized carbons (Fsp3) is 0.600. The lowest BCUT2D eigenvalue weighted by atomic mass is 10.2. The third-order valence-corrected chi connectivity index (χ3v) is 0.915. The fourth-order valence-electron chi connectivity index (χ4n) is 0.333. The molecule has 0 aliphatic heterocycles. The van der Waals surface area contributed by atoms with Crippen LogP contribution in [0, 0.1) is 0 Å². The number of halogens is 4. The van der Waals surface area contributed by atoms with Crippen LogP contribution in [0.1, 0.15) is 6.42 Å². The summed E-state index contributed by atoms with van der Waals surface area (Å²) in [5.74, 6) is -6.75. The first-order valence-electron chi connectivity index (χ1n) is 2.55. The Morgan fingerprint density at radius 1 is 1.45 bits per heavy atom. The van der Waals surface area contributed by atoms with Crippen LogP contribution in [-0.2, 0) is 9.59 Å². The molecule has 0 radical (unpaired) electrons. The van der Waals surface area contributed by atoms with Gasteiger partial charge in [-0.3, -0.25) is 4.79 Å². The van der Waals surface area contributed by atoms with Crippen molar-refractivity contribution in [1.29, 1.82) is 0 Å². The van der Waals surface area contributed by atoms with Gasteiger partial charge in [-0.2, -0.15) is 8.78 Å². The molecule has 64 valence electrons. The maximum absolute atomic E-state index is 11.9. The number of hydrogen-bond donors (Lipinski definition) is 0. The zero-order valence-corrected chi connectivity index (χ0v) is 5.19. The molecule has 0 rings (SSSR count). The average Bonchev–Trinajstić information content (AvgIpc) is 1.88. The second-order valence-electron chi connectivity index (χ2n) is 1.72. The van der Waals surface area contributed by atoms with Crippen molar-refractivity contribution < 1.29 is 27.2 Å². The highest BCUT2D eigenvalue weighted by Crippen LogP contribution is 2.24. The number of Topliss-reactive ketones (excluding diaryl/α,β-unsaturated/α-hetero) is 1. The van der Waals surface area contributed by atoms with Crippen molar-refractivity contribution in [3.8, 4) is 0 Å². The van der Waals surface area contributed by atoms with E-state index in [1.54, 1.807) is 0 Å². The second kappa shape index (κ2) is 3.45. The summed E-state index contributed by atoms with van der Waals surface area (Å²) >= 11 is 0. The smallest absolute Gasteiger partial charge is 0.303 e. The van der Waals surface area contributed by atoms with Crippen LogP contribution in [0.3, 0.4) is 0 Å². The Hall–Kier alpha value is -0.940. The van der Waals surface area contributed by atoms with Gasteiger partial charge in [-0.25, -0.2) is 8.78 Å². The van der Waals surface area contributed by atoms with Gasteiger partial charge in [0.25, 0.3) is 0 Å². The van der Waals surface area contributed by atoms with E-state index < -0.39 is 24.6 Å². The van der Waals surface area contributed by atoms with Crippen molar-refractivity contribution in [3.63, 3.8) is 0 Å². The number of alkyl halides is 4. The number of aldehydes is 1. The summed E-state index contributed by atoms with van der Waals surface area (Å²) in [6, 6.07) is 0. The highest BCUT2D eigenvalue weighted by Gasteiger charge is 2.47. The van der Waals surface area contributed by atoms with E-state index in [0.29, 0.717) is 0 Å². The van der Waals surface area contributed by atoms with Gasteiger partial charge in [0.05, 0.1) is 6.42 Å². The molecule has 0 bridgehead atoms. The normalized spacial score (nSPS) is 11.7. The predicted molar refractivity (Wildman–Crippen MR) is 26.6 cm³/mol. The molecule has 0 aliphatic carbocycles. The van der Waals surface area contributed by atoms with E-state index in [1.165, 1.54) is 0 Å². The van der Waals surface area contributed by atoms with Crippen LogP contribution >= 0.6 is 0 Å². The SMILES string of the molecule is O=CCC(=O)C(F)(F)C(F)F. The van der Waals surface area contributed by atoms with E-state index in [4.69, 9.17) is 0 Å². The Kier molecular flexibility index (Phi) is 3.16. The molecule has 0 spiro atoms. The lowest BCUT2D eigenvalue weighted by molar-refractivity contribution is -0.167. The van der Waals surface area contributed by atoms with E-state index >= 15 is 0 Å². The quantitative estimate of drug-likeness (QED) is 0.360. The first-order chi connectivity index (χ1) is 4.92. The van der Waals surface area contributed by atoms with E-state index in [0.717, 1.165) is 0 Å². The van der Waals surface area contributed by atoms with Gasteiger partial charge in [0.2, 0.25) is 5.78 Å². The van der Waals surface area contributed by atoms with Gasteiger partial charge in [-0.1, -0.05) is 0 Å². The van der Waals surface area contributed by atoms with E-state index in [2.05, 4.69) is 0 Å². The maximum atomic E-state index is 11.9. The summed E-state index contributed by atoms with van der Waals surface area (Å²) in [7, 11) is 0. The molecule has 0 aromatic carbocycles. The molecule has 0 aliphatic rings. The Morgan fingerprint density at radius 3 is 2.18 bits per heavy atom. The third kappa shape index (κ3) is 2.28. The molecule has 2 nitrogen and oxygen atoms in total. The van der Waals surface area contributed by atoms with Crippen LogP contribution in [0.25, 0.3) is 0 Å². The monoisotopic (exact) mass is 172 g/mol. The topological polar surface area (TPSA) is 34.1 Å². The predicted octanol–water partition coefficient (Wildman–Crippen LogP) is 1.04. The van der Waals surface area contributed by atoms with Crippen molar-refractivity contribution in [2.24, 2.45) is 0 Å². The van der Waals surface area contributed by atoms with Crippen LogP contribution in [-0.4, -0.2) is 24.4 Å². The Morgan fingerprint density at radius 2 is 1.91 bits per heavy atom. The summed E-state index contributed by atoms with van der Waals surface area (Å²) < 4.78 is 46.3. The Labute approximate surface area is 59.2 Å². The molecule has 0 aromatic rings. The van der Waals surface area contributed by atoms with Gasteiger partial charge in [-0.15, -0.1) is 0 Å². The van der Waals surface area contributed by atoms with Gasteiger partial charge >= 0.3 is 12.3 Å². The summed E-state index contributed by atoms with van der Waals surface area (Å²) in [6.45, 7) is 0. The molecular weight excluding hydrogens is 168 g/mol. The molecule has 0 saturated heterocycles. The van der Waals surface area contributed by atoms with Crippen molar-refractivity contribution in [3.05, 3.63) is 0 Å². The molecule has 0 amide bonds. The zero-order chi connectivity index (χ0) is 9.07. The minimum absolute atomic E-state index is 0.140. The van der Waals surface area contributed by atoms with Gasteiger partial charge in [0, 0.05) is 0 Å². The van der Waals surface area contributed by atoms with Gasteiger partial charge in [0.1, 0.15) is 6.29 Å². The molecule has 0 unspecified atom stereocenters. The molecule has 0 aromatic heterocycles. The van der Waals surface area contributed by atoms with E-state index in [9.17, 15) is 27.2 Å². The maximum Gasteiger partial charge on any atom is 0.364 e. The first kappa shape index (κ1) is 10.1. The van der Waals surface area contributed by atoms with Crippen molar-refractivity contribution in [2.45, 2.75) is 18.8 Å². The lowest BCUT2D eigenvalue weighted by Crippen LogP contribution is -2.36. The molecule has 11 heavy (non-hydrogen) atoms. The van der Waals surface area contributed by atoms with Gasteiger partial charge in [-0.05, 0) is 0 Å². The van der Waals surface area contributed by atoms with Crippen LogP contribution < -0.4 is 0 Å². The second-order valence-corrected chi connectivity index (χ2v) is 1.72. The number of carbonyl (C=O) groups is 2. The Balaban J connectivity index is 4.29. The highest BCUT2D eigenvalue weighted by molar-refractivity contribution is 5.94. The highest BCUT2D eigenvalue weighted by atomic mass is 19.3. The summed E-state index contributed by atoms with van der Waals surface area (Å²) in [4.78, 5) is 19.5. The van der Waals surface area contributed by atoms with Crippen LogP contribution in [0.5, 0.6) is 0 Å². The van der Waals surface area contributed by atoms with Crippen LogP contribution in [0.15, 0.2) is 0 Å². The summed E-state index contributed by atoms with van der Waals surface area (Å²) in [5.41, 5.74) is 0. The largest absolute Gasteiger partial charge is 0.364 e. The van der Waals surface area contributed by atoms with Crippen LogP contribution in [0.4, 0.5) is 17.6 Å². The number of rotatable bonds is 4. The van der Waals surface area contributed by atoms with E-state index in [1.807, 2.05) is 0 Å². The van der Waals surface area contributed by atoms with Gasteiger partial charge < -0.3 is 4.79 Å². The van der Waals surface area contributed by atoms with Crippen LogP contribution in [0.2, 0.25) is 0 Å². The molecule has 6 heteroatoms. The molecule has 0 saturated carbocycles. The van der Waals surface area contributed by atoms with E-state index in [-0.39, 0.29) is 6.29 Å². The lowest BCUT2D eigenvalue weighted by Gasteiger charge is -2.10. The molecule has 0 N–H and O–H groups in total. The average molecular weight is 172 g/mol.